The predicted octanol–water partition coefficient (Wildman–Crippen LogP) is 6.31. The summed E-state index contributed by atoms with van der Waals surface area (Å²) < 4.78 is 10.6. The number of anilines is 1. The van der Waals surface area contributed by atoms with Gasteiger partial charge >= 0.3 is 5.97 Å². The van der Waals surface area contributed by atoms with E-state index in [4.69, 9.17) is 26.1 Å². The second-order valence-electron chi connectivity index (χ2n) is 10.7. The predicted molar refractivity (Wildman–Crippen MR) is 162 cm³/mol. The third kappa shape index (κ3) is 5.30. The topological polar surface area (TPSA) is 103 Å². The van der Waals surface area contributed by atoms with Gasteiger partial charge in [-0.1, -0.05) is 54.9 Å². The van der Waals surface area contributed by atoms with Crippen molar-refractivity contribution in [1.82, 2.24) is 4.98 Å². The smallest absolute Gasteiger partial charge is 0.339 e. The van der Waals surface area contributed by atoms with Crippen molar-refractivity contribution in [2.75, 3.05) is 18.6 Å². The van der Waals surface area contributed by atoms with Gasteiger partial charge in [0.05, 0.1) is 41.4 Å². The molecule has 0 bridgehead atoms. The first-order chi connectivity index (χ1) is 20.7. The molecule has 1 fully saturated rings. The van der Waals surface area contributed by atoms with Crippen molar-refractivity contribution in [3.8, 4) is 17.0 Å². The Morgan fingerprint density at radius 2 is 1.79 bits per heavy atom. The normalized spacial score (nSPS) is 19.4. The molecule has 9 heteroatoms. The monoisotopic (exact) mass is 594 g/mol. The maximum atomic E-state index is 13.3. The van der Waals surface area contributed by atoms with Crippen LogP contribution in [0, 0.1) is 17.8 Å². The summed E-state index contributed by atoms with van der Waals surface area (Å²) in [5.41, 5.74) is 2.68. The lowest BCUT2D eigenvalue weighted by molar-refractivity contribution is -0.122. The first kappa shape index (κ1) is 28.3. The molecule has 2 amide bonds. The summed E-state index contributed by atoms with van der Waals surface area (Å²) in [5, 5.41) is 0.892. The number of carbonyl (C=O) groups excluding carboxylic acids is 4. The SMILES string of the molecule is COc1cccc(C(=O)COC(=O)c2cc(-c3ccc(N4C(=O)C5CC=CC(C)C5C4=O)cc3)nc3ccc(Cl)cc23)c1. The lowest BCUT2D eigenvalue weighted by atomic mass is 9.78. The largest absolute Gasteiger partial charge is 0.497 e. The maximum Gasteiger partial charge on any atom is 0.339 e. The highest BCUT2D eigenvalue weighted by molar-refractivity contribution is 6.31. The van der Waals surface area contributed by atoms with E-state index in [0.717, 1.165) is 0 Å². The molecule has 0 spiro atoms. The molecule has 3 unspecified atom stereocenters. The number of pyridine rings is 1. The van der Waals surface area contributed by atoms with Crippen LogP contribution in [0.25, 0.3) is 22.2 Å². The molecular formula is C34H27ClN2O6. The second kappa shape index (κ2) is 11.5. The van der Waals surface area contributed by atoms with Crippen LogP contribution < -0.4 is 9.64 Å². The number of halogens is 1. The van der Waals surface area contributed by atoms with E-state index in [2.05, 4.69) is 0 Å². The highest BCUT2D eigenvalue weighted by Crippen LogP contribution is 2.41. The minimum atomic E-state index is -0.706. The van der Waals surface area contributed by atoms with Crippen LogP contribution in [0.3, 0.4) is 0 Å². The van der Waals surface area contributed by atoms with Crippen LogP contribution in [-0.2, 0) is 14.3 Å². The van der Waals surface area contributed by atoms with Crippen LogP contribution in [0.1, 0.15) is 34.1 Å². The fourth-order valence-corrected chi connectivity index (χ4v) is 5.96. The zero-order valence-corrected chi connectivity index (χ0v) is 24.2. The third-order valence-corrected chi connectivity index (χ3v) is 8.25. The number of esters is 1. The molecule has 6 rings (SSSR count). The van der Waals surface area contributed by atoms with E-state index < -0.39 is 12.6 Å². The van der Waals surface area contributed by atoms with Gasteiger partial charge in [0.25, 0.3) is 0 Å². The van der Waals surface area contributed by atoms with Crippen LogP contribution in [0.2, 0.25) is 5.02 Å². The van der Waals surface area contributed by atoms with Gasteiger partial charge in [-0.2, -0.15) is 0 Å². The Labute approximate surface area is 252 Å². The van der Waals surface area contributed by atoms with E-state index >= 15 is 0 Å². The number of amides is 2. The molecule has 0 radical (unpaired) electrons. The first-order valence-corrected chi connectivity index (χ1v) is 14.2. The fraction of sp³-hybridized carbons (Fsp3) is 0.206. The molecule has 8 nitrogen and oxygen atoms in total. The molecule has 43 heavy (non-hydrogen) atoms. The number of imide groups is 1. The number of hydrogen-bond acceptors (Lipinski definition) is 7. The number of fused-ring (bicyclic) bond motifs is 2. The summed E-state index contributed by atoms with van der Waals surface area (Å²) >= 11 is 6.24. The molecule has 1 saturated heterocycles. The molecular weight excluding hydrogens is 568 g/mol. The van der Waals surface area contributed by atoms with Crippen molar-refractivity contribution < 1.29 is 28.7 Å². The van der Waals surface area contributed by atoms with Crippen molar-refractivity contribution in [2.24, 2.45) is 17.8 Å². The van der Waals surface area contributed by atoms with Gasteiger partial charge in [0.2, 0.25) is 11.8 Å². The molecule has 4 aromatic rings. The molecule has 1 aliphatic heterocycles. The zero-order chi connectivity index (χ0) is 30.2. The van der Waals surface area contributed by atoms with Gasteiger partial charge in [0, 0.05) is 21.5 Å². The maximum absolute atomic E-state index is 13.3. The van der Waals surface area contributed by atoms with Gasteiger partial charge in [-0.15, -0.1) is 0 Å². The van der Waals surface area contributed by atoms with Crippen LogP contribution >= 0.6 is 11.6 Å². The van der Waals surface area contributed by atoms with Gasteiger partial charge < -0.3 is 9.47 Å². The van der Waals surface area contributed by atoms with Crippen LogP contribution in [0.4, 0.5) is 5.69 Å². The number of ketones is 1. The standard InChI is InChI=1S/C34H27ClN2O6/c1-19-5-3-8-25-31(19)33(40)37(32(25)39)23-12-9-20(10-13-23)29-17-27(26-16-22(35)11-14-28(26)36-29)34(41)43-18-30(38)21-6-4-7-24(15-21)42-2/h3-7,9-17,19,25,31H,8,18H2,1-2H3. The molecule has 0 N–H and O–H groups in total. The lowest BCUT2D eigenvalue weighted by Crippen LogP contribution is -2.31. The number of ether oxygens (including phenoxy) is 2. The second-order valence-corrected chi connectivity index (χ2v) is 11.1. The van der Waals surface area contributed by atoms with Crippen molar-refractivity contribution in [1.29, 1.82) is 0 Å². The molecule has 1 aromatic heterocycles. The average molecular weight is 595 g/mol. The molecule has 2 aliphatic rings. The van der Waals surface area contributed by atoms with Crippen LogP contribution in [0.5, 0.6) is 5.75 Å². The van der Waals surface area contributed by atoms with Gasteiger partial charge in [-0.25, -0.2) is 9.78 Å². The Morgan fingerprint density at radius 3 is 2.53 bits per heavy atom. The molecule has 1 aliphatic carbocycles. The number of methoxy groups -OCH3 is 1. The van der Waals surface area contributed by atoms with Crippen molar-refractivity contribution >= 4 is 51.8 Å². The Bertz CT molecular complexity index is 1820. The van der Waals surface area contributed by atoms with Crippen molar-refractivity contribution in [3.63, 3.8) is 0 Å². The van der Waals surface area contributed by atoms with Gasteiger partial charge in [-0.05, 0) is 60.9 Å². The summed E-state index contributed by atoms with van der Waals surface area (Å²) in [6.45, 7) is 1.50. The molecule has 2 heterocycles. The number of rotatable bonds is 7. The Morgan fingerprint density at radius 1 is 1.00 bits per heavy atom. The van der Waals surface area contributed by atoms with E-state index in [1.165, 1.54) is 12.0 Å². The quantitative estimate of drug-likeness (QED) is 0.107. The van der Waals surface area contributed by atoms with Gasteiger partial charge in [0.15, 0.2) is 12.4 Å². The number of carbonyl (C=O) groups is 4. The summed E-state index contributed by atoms with van der Waals surface area (Å²) in [6, 6.07) is 20.1. The van der Waals surface area contributed by atoms with E-state index in [1.54, 1.807) is 72.8 Å². The van der Waals surface area contributed by atoms with Crippen LogP contribution in [0.15, 0.2) is 84.9 Å². The van der Waals surface area contributed by atoms with E-state index in [1.807, 2.05) is 19.1 Å². The Balaban J connectivity index is 1.27. The summed E-state index contributed by atoms with van der Waals surface area (Å²) in [4.78, 5) is 58.4. The summed E-state index contributed by atoms with van der Waals surface area (Å²) in [5.74, 6) is -1.63. The number of hydrogen-bond donors (Lipinski definition) is 0. The van der Waals surface area contributed by atoms with E-state index in [0.29, 0.717) is 50.6 Å². The number of Topliss-reactive ketones (excluding diaryl/α,β-unsaturated/α-hetero) is 1. The molecule has 3 atom stereocenters. The number of allylic oxidation sites excluding steroid dienone is 2. The summed E-state index contributed by atoms with van der Waals surface area (Å²) in [6.07, 6.45) is 4.53. The van der Waals surface area contributed by atoms with Gasteiger partial charge in [-0.3, -0.25) is 19.3 Å². The number of benzene rings is 3. The lowest BCUT2D eigenvalue weighted by Gasteiger charge is -2.22. The molecule has 3 aromatic carbocycles. The molecule has 0 saturated carbocycles. The van der Waals surface area contributed by atoms with Crippen molar-refractivity contribution in [3.05, 3.63) is 101 Å². The highest BCUT2D eigenvalue weighted by atomic mass is 35.5. The minimum Gasteiger partial charge on any atom is -0.497 e. The third-order valence-electron chi connectivity index (χ3n) is 8.01. The first-order valence-electron chi connectivity index (χ1n) is 13.8. The fourth-order valence-electron chi connectivity index (χ4n) is 5.79. The van der Waals surface area contributed by atoms with Crippen molar-refractivity contribution in [2.45, 2.75) is 13.3 Å². The Kier molecular flexibility index (Phi) is 7.54. The van der Waals surface area contributed by atoms with E-state index in [-0.39, 0.29) is 40.9 Å². The zero-order valence-electron chi connectivity index (χ0n) is 23.5. The minimum absolute atomic E-state index is 0.00114. The van der Waals surface area contributed by atoms with Crippen LogP contribution in [-0.4, -0.2) is 42.3 Å². The van der Waals surface area contributed by atoms with Gasteiger partial charge in [0.1, 0.15) is 5.75 Å². The summed E-state index contributed by atoms with van der Waals surface area (Å²) in [7, 11) is 1.50. The Hall–Kier alpha value is -4.82. The highest BCUT2D eigenvalue weighted by Gasteiger charge is 2.50. The number of aromatic nitrogens is 1. The van der Waals surface area contributed by atoms with E-state index in [9.17, 15) is 19.2 Å². The number of nitrogens with zero attached hydrogens (tertiary/aromatic N) is 2. The average Bonchev–Trinajstić information content (AvgIpc) is 3.29. The molecule has 216 valence electrons.